The van der Waals surface area contributed by atoms with Gasteiger partial charge >= 0.3 is 6.18 Å². The van der Waals surface area contributed by atoms with Crippen molar-refractivity contribution in [3.8, 4) is 11.8 Å². The van der Waals surface area contributed by atoms with E-state index in [0.717, 1.165) is 10.8 Å². The molecule has 142 valence electrons. The molecule has 0 atom stereocenters. The summed E-state index contributed by atoms with van der Waals surface area (Å²) in [5.74, 6) is -0.461. The lowest BCUT2D eigenvalue weighted by Crippen LogP contribution is -2.13. The van der Waals surface area contributed by atoms with Gasteiger partial charge in [0, 0.05) is 5.56 Å². The van der Waals surface area contributed by atoms with Gasteiger partial charge < -0.3 is 4.74 Å². The van der Waals surface area contributed by atoms with E-state index < -0.39 is 17.1 Å². The van der Waals surface area contributed by atoms with E-state index in [4.69, 9.17) is 4.74 Å². The van der Waals surface area contributed by atoms with Gasteiger partial charge in [-0.15, -0.1) is 10.2 Å². The predicted molar refractivity (Wildman–Crippen MR) is 97.6 cm³/mol. The average Bonchev–Trinajstić information content (AvgIpc) is 3.14. The van der Waals surface area contributed by atoms with Gasteiger partial charge in [-0.25, -0.2) is 0 Å². The molecule has 0 aliphatic carbocycles. The Morgan fingerprint density at radius 1 is 1.25 bits per heavy atom. The molecule has 0 aliphatic heterocycles. The first kappa shape index (κ1) is 19.3. The van der Waals surface area contributed by atoms with Crippen LogP contribution in [0.5, 0.6) is 5.75 Å². The van der Waals surface area contributed by atoms with Gasteiger partial charge in [-0.3, -0.25) is 10.1 Å². The van der Waals surface area contributed by atoms with Crippen LogP contribution < -0.4 is 10.1 Å². The van der Waals surface area contributed by atoms with Gasteiger partial charge in [0.1, 0.15) is 17.4 Å². The molecular formula is C18H11F3N4O2S. The smallest absolute Gasteiger partial charge is 0.445 e. The van der Waals surface area contributed by atoms with Crippen LogP contribution in [0.2, 0.25) is 0 Å². The summed E-state index contributed by atoms with van der Waals surface area (Å²) in [6.45, 7) is 0. The van der Waals surface area contributed by atoms with Crippen LogP contribution in [0.25, 0.3) is 16.8 Å². The van der Waals surface area contributed by atoms with Crippen molar-refractivity contribution in [2.75, 3.05) is 12.4 Å². The Bertz CT molecular complexity index is 1120. The second kappa shape index (κ2) is 7.66. The first-order valence-electron chi connectivity index (χ1n) is 7.73. The van der Waals surface area contributed by atoms with Crippen LogP contribution in [0.15, 0.2) is 42.0 Å². The molecule has 28 heavy (non-hydrogen) atoms. The van der Waals surface area contributed by atoms with Crippen LogP contribution in [0.4, 0.5) is 18.3 Å². The fraction of sp³-hybridized carbons (Fsp3) is 0.111. The third-order valence-electron chi connectivity index (χ3n) is 3.69. The van der Waals surface area contributed by atoms with Gasteiger partial charge in [-0.05, 0) is 22.9 Å². The van der Waals surface area contributed by atoms with Crippen molar-refractivity contribution in [1.29, 1.82) is 5.26 Å². The summed E-state index contributed by atoms with van der Waals surface area (Å²) < 4.78 is 43.1. The third-order valence-corrected chi connectivity index (χ3v) is 4.58. The van der Waals surface area contributed by atoms with Crippen LogP contribution in [0, 0.1) is 11.3 Å². The van der Waals surface area contributed by atoms with Crippen molar-refractivity contribution < 1.29 is 22.7 Å². The van der Waals surface area contributed by atoms with Crippen LogP contribution in [-0.4, -0.2) is 23.2 Å². The van der Waals surface area contributed by atoms with Crippen molar-refractivity contribution >= 4 is 39.2 Å². The number of amides is 1. The van der Waals surface area contributed by atoms with Crippen LogP contribution in [0.1, 0.15) is 10.6 Å². The van der Waals surface area contributed by atoms with Gasteiger partial charge in [0.25, 0.3) is 5.91 Å². The fourth-order valence-corrected chi connectivity index (χ4v) is 3.05. The fourth-order valence-electron chi connectivity index (χ4n) is 2.45. The number of carbonyl (C=O) groups is 1. The number of aromatic nitrogens is 2. The van der Waals surface area contributed by atoms with E-state index in [1.807, 2.05) is 18.2 Å². The summed E-state index contributed by atoms with van der Waals surface area (Å²) in [5, 5.41) is 17.9. The highest BCUT2D eigenvalue weighted by molar-refractivity contribution is 7.15. The summed E-state index contributed by atoms with van der Waals surface area (Å²) in [6, 6.07) is 12.6. The first-order chi connectivity index (χ1) is 13.3. The Morgan fingerprint density at radius 2 is 2.00 bits per heavy atom. The summed E-state index contributed by atoms with van der Waals surface area (Å²) in [5.41, 5.74) is 0.180. The molecule has 0 fully saturated rings. The van der Waals surface area contributed by atoms with E-state index in [-0.39, 0.29) is 22.0 Å². The van der Waals surface area contributed by atoms with E-state index >= 15 is 0 Å². The number of nitrogens with zero attached hydrogens (tertiary/aromatic N) is 3. The van der Waals surface area contributed by atoms with Crippen LogP contribution in [-0.2, 0) is 11.0 Å². The van der Waals surface area contributed by atoms with Gasteiger partial charge in [0.15, 0.2) is 0 Å². The quantitative estimate of drug-likeness (QED) is 0.518. The van der Waals surface area contributed by atoms with E-state index in [1.165, 1.54) is 13.2 Å². The second-order valence-corrected chi connectivity index (χ2v) is 6.41. The summed E-state index contributed by atoms with van der Waals surface area (Å²) in [4.78, 5) is 12.4. The highest BCUT2D eigenvalue weighted by atomic mass is 32.1. The zero-order valence-electron chi connectivity index (χ0n) is 14.2. The number of halogens is 3. The number of ether oxygens (including phenoxy) is 1. The van der Waals surface area contributed by atoms with Gasteiger partial charge in [-0.2, -0.15) is 18.4 Å². The highest BCUT2D eigenvalue weighted by Crippen LogP contribution is 2.33. The molecule has 0 saturated carbocycles. The van der Waals surface area contributed by atoms with Crippen molar-refractivity contribution in [2.45, 2.75) is 6.18 Å². The number of hydrogen-bond donors (Lipinski definition) is 1. The molecule has 0 saturated heterocycles. The molecule has 3 rings (SSSR count). The molecular weight excluding hydrogens is 393 g/mol. The molecule has 1 amide bonds. The molecule has 0 aliphatic rings. The molecule has 0 unspecified atom stereocenters. The van der Waals surface area contributed by atoms with Crippen molar-refractivity contribution in [3.05, 3.63) is 52.5 Å². The number of alkyl halides is 3. The lowest BCUT2D eigenvalue weighted by atomic mass is 10.0. The van der Waals surface area contributed by atoms with Crippen molar-refractivity contribution in [2.24, 2.45) is 0 Å². The third kappa shape index (κ3) is 3.94. The number of rotatable bonds is 4. The number of hydrogen-bond acceptors (Lipinski definition) is 6. The first-order valence-corrected chi connectivity index (χ1v) is 8.54. The molecule has 6 nitrogen and oxygen atoms in total. The van der Waals surface area contributed by atoms with Gasteiger partial charge in [-0.1, -0.05) is 41.7 Å². The minimum absolute atomic E-state index is 0.172. The maximum Gasteiger partial charge on any atom is 0.445 e. The molecule has 0 radical (unpaired) electrons. The Hall–Kier alpha value is -3.45. The number of fused-ring (bicyclic) bond motifs is 1. The van der Waals surface area contributed by atoms with E-state index in [1.54, 1.807) is 24.3 Å². The number of nitriles is 1. The summed E-state index contributed by atoms with van der Waals surface area (Å²) in [7, 11) is 1.45. The molecule has 10 heteroatoms. The topological polar surface area (TPSA) is 87.9 Å². The van der Waals surface area contributed by atoms with E-state index in [0.29, 0.717) is 11.3 Å². The van der Waals surface area contributed by atoms with E-state index in [9.17, 15) is 23.2 Å². The molecule has 1 N–H and O–H groups in total. The van der Waals surface area contributed by atoms with Gasteiger partial charge in [0.2, 0.25) is 10.1 Å². The van der Waals surface area contributed by atoms with Crippen molar-refractivity contribution in [3.63, 3.8) is 0 Å². The minimum atomic E-state index is -4.66. The molecule has 3 aromatic rings. The SMILES string of the molecule is COc1ccc2ccccc2c1/C=C(/C#N)C(=O)Nc1nnc(C(F)(F)F)s1. The lowest BCUT2D eigenvalue weighted by molar-refractivity contribution is -0.138. The molecule has 2 aromatic carbocycles. The standard InChI is InChI=1S/C18H11F3N4O2S/c1-27-14-7-6-10-4-2-3-5-12(10)13(14)8-11(9-22)15(26)23-17-25-24-16(28-17)18(19,20)21/h2-8H,1H3,(H,23,25,26)/b11-8-. The highest BCUT2D eigenvalue weighted by Gasteiger charge is 2.35. The zero-order chi connectivity index (χ0) is 20.3. The van der Waals surface area contributed by atoms with E-state index in [2.05, 4.69) is 15.5 Å². The lowest BCUT2D eigenvalue weighted by Gasteiger charge is -2.09. The Morgan fingerprint density at radius 3 is 2.64 bits per heavy atom. The number of benzene rings is 2. The zero-order valence-corrected chi connectivity index (χ0v) is 15.1. The predicted octanol–water partition coefficient (Wildman–Crippen LogP) is 4.26. The van der Waals surface area contributed by atoms with Gasteiger partial charge in [0.05, 0.1) is 7.11 Å². The maximum atomic E-state index is 12.6. The molecule has 1 heterocycles. The largest absolute Gasteiger partial charge is 0.496 e. The number of nitrogens with one attached hydrogen (secondary N) is 1. The molecule has 0 bridgehead atoms. The monoisotopic (exact) mass is 404 g/mol. The summed E-state index contributed by atoms with van der Waals surface area (Å²) in [6.07, 6.45) is -3.34. The Kier molecular flexibility index (Phi) is 5.28. The van der Waals surface area contributed by atoms with Crippen LogP contribution in [0.3, 0.4) is 0 Å². The minimum Gasteiger partial charge on any atom is -0.496 e. The molecule has 0 spiro atoms. The average molecular weight is 404 g/mol. The molecule has 1 aromatic heterocycles. The maximum absolute atomic E-state index is 12.6. The van der Waals surface area contributed by atoms with Crippen LogP contribution >= 0.6 is 11.3 Å². The number of anilines is 1. The van der Waals surface area contributed by atoms with Crippen molar-refractivity contribution in [1.82, 2.24) is 10.2 Å². The summed E-state index contributed by atoms with van der Waals surface area (Å²) >= 11 is 0.172. The Labute approximate surface area is 160 Å². The Balaban J connectivity index is 1.96. The normalized spacial score (nSPS) is 11.9. The number of carbonyl (C=O) groups excluding carboxylic acids is 1. The second-order valence-electron chi connectivity index (χ2n) is 5.44. The number of methoxy groups -OCH3 is 1.